The maximum absolute atomic E-state index is 11.5. The van der Waals surface area contributed by atoms with Crippen LogP contribution in [0.3, 0.4) is 0 Å². The number of carbonyl (C=O) groups is 2. The van der Waals surface area contributed by atoms with Crippen molar-refractivity contribution in [3.63, 3.8) is 0 Å². The molecule has 1 heterocycles. The second-order valence-corrected chi connectivity index (χ2v) is 4.89. The molecule has 0 aliphatic carbocycles. The summed E-state index contributed by atoms with van der Waals surface area (Å²) in [5, 5.41) is 3.28. The predicted octanol–water partition coefficient (Wildman–Crippen LogP) is 2.41. The molecule has 0 spiro atoms. The number of ketones is 1. The smallest absolute Gasteiger partial charge is 0.338 e. The number of Topliss-reactive ketones (excluding diaryl/α,β-unsaturated/α-hetero) is 1. The molecule has 5 nitrogen and oxygen atoms in total. The molecule has 1 aliphatic heterocycles. The van der Waals surface area contributed by atoms with Crippen LogP contribution >= 0.6 is 0 Å². The van der Waals surface area contributed by atoms with E-state index in [1.807, 2.05) is 0 Å². The number of nitrogen functional groups attached to an aromatic ring is 1. The van der Waals surface area contributed by atoms with Gasteiger partial charge in [0.1, 0.15) is 0 Å². The standard InChI is InChI=1S/C11H13NO3.C5H11N/c1-3-15-11(14)9-5-4-8(12)6-10(9)7(2)13;1-2-4-6-5-3-1/h4-6H,3,12H2,1-2H3;6H,1-5H2. The number of nitrogens with one attached hydrogen (secondary N) is 1. The quantitative estimate of drug-likeness (QED) is 0.508. The highest BCUT2D eigenvalue weighted by Gasteiger charge is 2.15. The molecule has 1 aromatic rings. The summed E-state index contributed by atoms with van der Waals surface area (Å²) in [6.45, 7) is 5.88. The Morgan fingerprint density at radius 2 is 1.86 bits per heavy atom. The van der Waals surface area contributed by atoms with E-state index in [9.17, 15) is 9.59 Å². The van der Waals surface area contributed by atoms with Crippen molar-refractivity contribution in [1.82, 2.24) is 5.32 Å². The fourth-order valence-electron chi connectivity index (χ4n) is 2.04. The van der Waals surface area contributed by atoms with Crippen molar-refractivity contribution in [2.24, 2.45) is 0 Å². The molecule has 116 valence electrons. The number of nitrogens with two attached hydrogens (primary N) is 1. The van der Waals surface area contributed by atoms with Crippen LogP contribution in [0.25, 0.3) is 0 Å². The van der Waals surface area contributed by atoms with Crippen LogP contribution in [0.5, 0.6) is 0 Å². The monoisotopic (exact) mass is 292 g/mol. The zero-order valence-corrected chi connectivity index (χ0v) is 12.8. The van der Waals surface area contributed by atoms with Crippen molar-refractivity contribution >= 4 is 17.4 Å². The van der Waals surface area contributed by atoms with Gasteiger partial charge >= 0.3 is 5.97 Å². The Hall–Kier alpha value is -1.88. The molecule has 1 saturated heterocycles. The maximum atomic E-state index is 11.5. The third kappa shape index (κ3) is 5.95. The summed E-state index contributed by atoms with van der Waals surface area (Å²) >= 11 is 0. The van der Waals surface area contributed by atoms with Crippen LogP contribution in [0.15, 0.2) is 18.2 Å². The highest BCUT2D eigenvalue weighted by Crippen LogP contribution is 2.15. The molecular weight excluding hydrogens is 268 g/mol. The normalized spacial score (nSPS) is 13.8. The second kappa shape index (κ2) is 9.13. The minimum atomic E-state index is -0.497. The lowest BCUT2D eigenvalue weighted by Crippen LogP contribution is -2.21. The SMILES string of the molecule is C1CCNCC1.CCOC(=O)c1ccc(N)cc1C(C)=O. The number of benzene rings is 1. The molecule has 0 atom stereocenters. The Morgan fingerprint density at radius 3 is 2.29 bits per heavy atom. The van der Waals surface area contributed by atoms with Crippen LogP contribution in [0.1, 0.15) is 53.8 Å². The number of carbonyl (C=O) groups excluding carboxylic acids is 2. The summed E-state index contributed by atoms with van der Waals surface area (Å²) in [6, 6.07) is 4.55. The summed E-state index contributed by atoms with van der Waals surface area (Å²) in [4.78, 5) is 22.7. The fourth-order valence-corrected chi connectivity index (χ4v) is 2.04. The molecule has 2 rings (SSSR count). The molecular formula is C16H24N2O3. The van der Waals surface area contributed by atoms with Crippen molar-refractivity contribution in [3.05, 3.63) is 29.3 Å². The molecule has 0 amide bonds. The first kappa shape index (κ1) is 17.2. The molecule has 0 bridgehead atoms. The van der Waals surface area contributed by atoms with E-state index in [0.29, 0.717) is 11.3 Å². The fraction of sp³-hybridized carbons (Fsp3) is 0.500. The van der Waals surface area contributed by atoms with Gasteiger partial charge in [0.15, 0.2) is 5.78 Å². The minimum absolute atomic E-state index is 0.203. The molecule has 1 aromatic carbocycles. The molecule has 1 aliphatic rings. The molecule has 0 saturated carbocycles. The van der Waals surface area contributed by atoms with Crippen LogP contribution in [-0.2, 0) is 4.74 Å². The lowest BCUT2D eigenvalue weighted by Gasteiger charge is -2.08. The van der Waals surface area contributed by atoms with Crippen molar-refractivity contribution in [2.75, 3.05) is 25.4 Å². The Balaban J connectivity index is 0.000000304. The lowest BCUT2D eigenvalue weighted by atomic mass is 10.0. The van der Waals surface area contributed by atoms with Crippen LogP contribution in [0.2, 0.25) is 0 Å². The highest BCUT2D eigenvalue weighted by atomic mass is 16.5. The molecule has 0 aromatic heterocycles. The van der Waals surface area contributed by atoms with E-state index in [1.54, 1.807) is 13.0 Å². The van der Waals surface area contributed by atoms with Crippen molar-refractivity contribution in [3.8, 4) is 0 Å². The summed E-state index contributed by atoms with van der Waals surface area (Å²) < 4.78 is 4.83. The van der Waals surface area contributed by atoms with Gasteiger partial charge in [-0.25, -0.2) is 4.79 Å². The molecule has 0 unspecified atom stereocenters. The minimum Gasteiger partial charge on any atom is -0.462 e. The first-order valence-corrected chi connectivity index (χ1v) is 7.34. The van der Waals surface area contributed by atoms with Gasteiger partial charge in [-0.15, -0.1) is 0 Å². The van der Waals surface area contributed by atoms with Gasteiger partial charge in [0.2, 0.25) is 0 Å². The summed E-state index contributed by atoms with van der Waals surface area (Å²) in [5.41, 5.74) is 6.55. The largest absolute Gasteiger partial charge is 0.462 e. The van der Waals surface area contributed by atoms with Gasteiger partial charge in [-0.3, -0.25) is 4.79 Å². The van der Waals surface area contributed by atoms with Crippen molar-refractivity contribution in [2.45, 2.75) is 33.1 Å². The summed E-state index contributed by atoms with van der Waals surface area (Å²) in [6.07, 6.45) is 4.22. The van der Waals surface area contributed by atoms with Crippen molar-refractivity contribution < 1.29 is 14.3 Å². The topological polar surface area (TPSA) is 81.4 Å². The first-order chi connectivity index (χ1) is 10.1. The Labute approximate surface area is 125 Å². The van der Waals surface area contributed by atoms with E-state index in [2.05, 4.69) is 5.32 Å². The number of piperidine rings is 1. The molecule has 5 heteroatoms. The van der Waals surface area contributed by atoms with Crippen LogP contribution < -0.4 is 11.1 Å². The second-order valence-electron chi connectivity index (χ2n) is 4.89. The lowest BCUT2D eigenvalue weighted by molar-refractivity contribution is 0.0523. The zero-order valence-electron chi connectivity index (χ0n) is 12.8. The van der Waals surface area contributed by atoms with E-state index < -0.39 is 5.97 Å². The van der Waals surface area contributed by atoms with E-state index in [1.165, 1.54) is 51.4 Å². The third-order valence-electron chi connectivity index (χ3n) is 3.13. The Bertz CT molecular complexity index is 471. The van der Waals surface area contributed by atoms with E-state index in [0.717, 1.165) is 0 Å². The molecule has 21 heavy (non-hydrogen) atoms. The van der Waals surface area contributed by atoms with Gasteiger partial charge in [0.05, 0.1) is 12.2 Å². The number of anilines is 1. The average molecular weight is 292 g/mol. The number of rotatable bonds is 3. The average Bonchev–Trinajstić information content (AvgIpc) is 2.49. The summed E-state index contributed by atoms with van der Waals surface area (Å²) in [7, 11) is 0. The number of hydrogen-bond acceptors (Lipinski definition) is 5. The van der Waals surface area contributed by atoms with Gasteiger partial charge in [-0.2, -0.15) is 0 Å². The van der Waals surface area contributed by atoms with Crippen LogP contribution in [-0.4, -0.2) is 31.4 Å². The predicted molar refractivity (Wildman–Crippen MR) is 83.5 cm³/mol. The van der Waals surface area contributed by atoms with Gasteiger partial charge in [-0.1, -0.05) is 6.42 Å². The number of hydrogen-bond donors (Lipinski definition) is 2. The Morgan fingerprint density at radius 1 is 1.19 bits per heavy atom. The highest BCUT2D eigenvalue weighted by molar-refractivity contribution is 6.06. The molecule has 1 fully saturated rings. The van der Waals surface area contributed by atoms with Crippen molar-refractivity contribution in [1.29, 1.82) is 0 Å². The van der Waals surface area contributed by atoms with Gasteiger partial charge in [0, 0.05) is 11.3 Å². The third-order valence-corrected chi connectivity index (χ3v) is 3.13. The van der Waals surface area contributed by atoms with Crippen LogP contribution in [0.4, 0.5) is 5.69 Å². The van der Waals surface area contributed by atoms with Gasteiger partial charge in [-0.05, 0) is 58.0 Å². The molecule has 0 radical (unpaired) electrons. The summed E-state index contributed by atoms with van der Waals surface area (Å²) in [5.74, 6) is -0.701. The number of ether oxygens (including phenoxy) is 1. The zero-order chi connectivity index (χ0) is 15.7. The number of esters is 1. The van der Waals surface area contributed by atoms with Crippen LogP contribution in [0, 0.1) is 0 Å². The van der Waals surface area contributed by atoms with Gasteiger partial charge < -0.3 is 15.8 Å². The van der Waals surface area contributed by atoms with E-state index in [-0.39, 0.29) is 18.0 Å². The first-order valence-electron chi connectivity index (χ1n) is 7.34. The Kier molecular flexibility index (Phi) is 7.46. The van der Waals surface area contributed by atoms with E-state index >= 15 is 0 Å². The molecule has 3 N–H and O–H groups in total. The van der Waals surface area contributed by atoms with E-state index in [4.69, 9.17) is 10.5 Å². The van der Waals surface area contributed by atoms with Gasteiger partial charge in [0.25, 0.3) is 0 Å². The maximum Gasteiger partial charge on any atom is 0.338 e.